The van der Waals surface area contributed by atoms with Crippen LogP contribution in [0.15, 0.2) is 62.2 Å². The predicted octanol–water partition coefficient (Wildman–Crippen LogP) is 3.81. The fraction of sp³-hybridized carbons (Fsp3) is 0.286. The molecule has 4 rings (SSSR count). The number of hydrogen-bond donors (Lipinski definition) is 1. The number of ether oxygens (including phenoxy) is 2. The van der Waals surface area contributed by atoms with Gasteiger partial charge in [0.15, 0.2) is 6.29 Å². The lowest BCUT2D eigenvalue weighted by Crippen LogP contribution is -2.30. The van der Waals surface area contributed by atoms with E-state index in [9.17, 15) is 9.90 Å². The third kappa shape index (κ3) is 4.12. The highest BCUT2D eigenvalue weighted by Crippen LogP contribution is 2.35. The molecule has 1 aromatic heterocycles. The number of rotatable bonds is 5. The zero-order valence-electron chi connectivity index (χ0n) is 15.3. The van der Waals surface area contributed by atoms with E-state index >= 15 is 0 Å². The molecule has 0 saturated carbocycles. The van der Waals surface area contributed by atoms with Crippen LogP contribution in [0.25, 0.3) is 11.0 Å². The van der Waals surface area contributed by atoms with Crippen LogP contribution in [-0.2, 0) is 16.0 Å². The van der Waals surface area contributed by atoms with Gasteiger partial charge in [0.25, 0.3) is 0 Å². The molecule has 1 N–H and O–H groups in total. The Balaban J connectivity index is 1.50. The van der Waals surface area contributed by atoms with Gasteiger partial charge in [-0.05, 0) is 34.6 Å². The Morgan fingerprint density at radius 3 is 2.79 bits per heavy atom. The smallest absolute Gasteiger partial charge is 0.336 e. The molecule has 3 aromatic rings. The molecule has 0 spiro atoms. The highest BCUT2D eigenvalue weighted by molar-refractivity contribution is 9.10. The monoisotopic (exact) mass is 445 g/mol. The summed E-state index contributed by atoms with van der Waals surface area (Å²) < 4.78 is 17.6. The molecule has 2 heterocycles. The topological polar surface area (TPSA) is 72.1 Å². The average Bonchev–Trinajstić information content (AvgIpc) is 3.11. The maximum absolute atomic E-state index is 11.9. The quantitative estimate of drug-likeness (QED) is 0.602. The Morgan fingerprint density at radius 1 is 1.21 bits per heavy atom. The number of nitrogens with zero attached hydrogens (tertiary/aromatic N) is 1. The maximum atomic E-state index is 11.9. The van der Waals surface area contributed by atoms with E-state index in [1.54, 1.807) is 6.07 Å². The first-order valence-corrected chi connectivity index (χ1v) is 9.74. The van der Waals surface area contributed by atoms with Crippen molar-refractivity contribution >= 4 is 26.9 Å². The Labute approximate surface area is 170 Å². The van der Waals surface area contributed by atoms with Crippen molar-refractivity contribution in [3.8, 4) is 5.75 Å². The van der Waals surface area contributed by atoms with Gasteiger partial charge < -0.3 is 19.0 Å². The van der Waals surface area contributed by atoms with Crippen LogP contribution in [-0.4, -0.2) is 36.3 Å². The van der Waals surface area contributed by atoms with E-state index in [1.165, 1.54) is 17.7 Å². The second kappa shape index (κ2) is 8.05. The molecule has 6 nitrogen and oxygen atoms in total. The fourth-order valence-electron chi connectivity index (χ4n) is 3.40. The van der Waals surface area contributed by atoms with Crippen molar-refractivity contribution in [2.24, 2.45) is 0 Å². The minimum Gasteiger partial charge on any atom is -0.507 e. The standard InChI is InChI=1S/C21H20BrNO5/c1-23(10-13-5-3-2-4-6-13)11-14-12-26-21(27-14)16-8-20(25)28-19-9-18(24)17(22)7-15(16)19/h2-9,14,21,24H,10-12H2,1H3. The van der Waals surface area contributed by atoms with Crippen molar-refractivity contribution in [1.29, 1.82) is 0 Å². The van der Waals surface area contributed by atoms with E-state index in [2.05, 4.69) is 33.0 Å². The van der Waals surface area contributed by atoms with E-state index in [4.69, 9.17) is 13.9 Å². The predicted molar refractivity (Wildman–Crippen MR) is 108 cm³/mol. The van der Waals surface area contributed by atoms with Gasteiger partial charge in [-0.3, -0.25) is 4.90 Å². The van der Waals surface area contributed by atoms with E-state index in [1.807, 2.05) is 25.2 Å². The lowest BCUT2D eigenvalue weighted by Gasteiger charge is -2.20. The number of aromatic hydroxyl groups is 1. The number of halogens is 1. The SMILES string of the molecule is CN(Cc1ccccc1)CC1COC(c2cc(=O)oc3cc(O)c(Br)cc23)O1. The molecule has 146 valence electrons. The number of phenolic OH excluding ortho intramolecular Hbond substituents is 1. The first-order chi connectivity index (χ1) is 13.5. The number of hydrogen-bond acceptors (Lipinski definition) is 6. The van der Waals surface area contributed by atoms with Crippen molar-refractivity contribution in [2.45, 2.75) is 18.9 Å². The van der Waals surface area contributed by atoms with Crippen LogP contribution in [0.2, 0.25) is 0 Å². The minimum atomic E-state index is -0.654. The van der Waals surface area contributed by atoms with Gasteiger partial charge in [-0.1, -0.05) is 30.3 Å². The summed E-state index contributed by atoms with van der Waals surface area (Å²) in [5, 5.41) is 10.5. The van der Waals surface area contributed by atoms with Gasteiger partial charge in [0.2, 0.25) is 0 Å². The van der Waals surface area contributed by atoms with Crippen molar-refractivity contribution in [3.63, 3.8) is 0 Å². The molecule has 2 unspecified atom stereocenters. The molecule has 2 atom stereocenters. The van der Waals surface area contributed by atoms with E-state index in [0.29, 0.717) is 34.2 Å². The molecule has 2 aromatic carbocycles. The zero-order valence-corrected chi connectivity index (χ0v) is 16.9. The summed E-state index contributed by atoms with van der Waals surface area (Å²) in [7, 11) is 2.04. The van der Waals surface area contributed by atoms with E-state index in [0.717, 1.165) is 6.54 Å². The highest BCUT2D eigenvalue weighted by Gasteiger charge is 2.30. The van der Waals surface area contributed by atoms with Gasteiger partial charge in [0, 0.05) is 36.2 Å². The fourth-order valence-corrected chi connectivity index (χ4v) is 3.75. The average molecular weight is 446 g/mol. The summed E-state index contributed by atoms with van der Waals surface area (Å²) in [5.74, 6) is 0.00136. The van der Waals surface area contributed by atoms with Gasteiger partial charge >= 0.3 is 5.63 Å². The van der Waals surface area contributed by atoms with Crippen LogP contribution >= 0.6 is 15.9 Å². The summed E-state index contributed by atoms with van der Waals surface area (Å²) in [5.41, 5.74) is 1.61. The van der Waals surface area contributed by atoms with Crippen LogP contribution in [0, 0.1) is 0 Å². The highest BCUT2D eigenvalue weighted by atomic mass is 79.9. The molecule has 0 amide bonds. The Bertz CT molecular complexity index is 1040. The molecule has 0 aliphatic carbocycles. The minimum absolute atomic E-state index is 0.00136. The van der Waals surface area contributed by atoms with Crippen molar-refractivity contribution in [3.05, 3.63) is 74.6 Å². The molecular weight excluding hydrogens is 426 g/mol. The molecule has 7 heteroatoms. The summed E-state index contributed by atoms with van der Waals surface area (Å²) >= 11 is 3.30. The lowest BCUT2D eigenvalue weighted by atomic mass is 10.1. The summed E-state index contributed by atoms with van der Waals surface area (Å²) in [6, 6.07) is 14.7. The molecule has 1 fully saturated rings. The van der Waals surface area contributed by atoms with Crippen LogP contribution < -0.4 is 5.63 Å². The van der Waals surface area contributed by atoms with Gasteiger partial charge in [0.1, 0.15) is 11.3 Å². The van der Waals surface area contributed by atoms with Gasteiger partial charge in [-0.25, -0.2) is 4.79 Å². The van der Waals surface area contributed by atoms with Crippen LogP contribution in [0.5, 0.6) is 5.75 Å². The molecule has 0 radical (unpaired) electrons. The summed E-state index contributed by atoms with van der Waals surface area (Å²) in [6.45, 7) is 1.95. The van der Waals surface area contributed by atoms with Crippen molar-refractivity contribution in [2.75, 3.05) is 20.2 Å². The van der Waals surface area contributed by atoms with E-state index < -0.39 is 11.9 Å². The number of fused-ring (bicyclic) bond motifs is 1. The summed E-state index contributed by atoms with van der Waals surface area (Å²) in [6.07, 6.45) is -0.764. The van der Waals surface area contributed by atoms with E-state index in [-0.39, 0.29) is 11.9 Å². The Kier molecular flexibility index (Phi) is 5.50. The van der Waals surface area contributed by atoms with Gasteiger partial charge in [-0.15, -0.1) is 0 Å². The van der Waals surface area contributed by atoms with Gasteiger partial charge in [0.05, 0.1) is 17.2 Å². The number of likely N-dealkylation sites (N-methyl/N-ethyl adjacent to an activating group) is 1. The summed E-state index contributed by atoms with van der Waals surface area (Å²) in [4.78, 5) is 14.1. The molecule has 0 bridgehead atoms. The largest absolute Gasteiger partial charge is 0.507 e. The Morgan fingerprint density at radius 2 is 2.00 bits per heavy atom. The molecule has 1 aliphatic heterocycles. The molecule has 28 heavy (non-hydrogen) atoms. The third-order valence-corrected chi connectivity index (χ3v) is 5.29. The maximum Gasteiger partial charge on any atom is 0.336 e. The zero-order chi connectivity index (χ0) is 19.7. The molecule has 1 saturated heterocycles. The number of benzene rings is 2. The van der Waals surface area contributed by atoms with Crippen molar-refractivity contribution in [1.82, 2.24) is 4.90 Å². The van der Waals surface area contributed by atoms with Crippen molar-refractivity contribution < 1.29 is 19.0 Å². The second-order valence-corrected chi connectivity index (χ2v) is 7.78. The number of phenols is 1. The van der Waals surface area contributed by atoms with Crippen LogP contribution in [0.3, 0.4) is 0 Å². The van der Waals surface area contributed by atoms with Crippen LogP contribution in [0.1, 0.15) is 17.4 Å². The normalized spacial score (nSPS) is 19.5. The molecular formula is C21H20BrNO5. The molecule has 1 aliphatic rings. The van der Waals surface area contributed by atoms with Crippen LogP contribution in [0.4, 0.5) is 0 Å². The van der Waals surface area contributed by atoms with Gasteiger partial charge in [-0.2, -0.15) is 0 Å². The third-order valence-electron chi connectivity index (χ3n) is 4.66. The first-order valence-electron chi connectivity index (χ1n) is 8.95. The first kappa shape index (κ1) is 19.1. The Hall–Kier alpha value is -2.19. The second-order valence-electron chi connectivity index (χ2n) is 6.93. The lowest BCUT2D eigenvalue weighted by molar-refractivity contribution is -0.0629.